The predicted molar refractivity (Wildman–Crippen MR) is 99.3 cm³/mol. The molecule has 130 valence electrons. The molecule has 0 spiro atoms. The van der Waals surface area contributed by atoms with Gasteiger partial charge >= 0.3 is 5.69 Å². The molecule has 0 aliphatic heterocycles. The van der Waals surface area contributed by atoms with Crippen LogP contribution in [-0.2, 0) is 24.9 Å². The monoisotopic (exact) mass is 337 g/mol. The maximum absolute atomic E-state index is 12.6. The van der Waals surface area contributed by atoms with E-state index in [1.54, 1.807) is 16.2 Å². The van der Waals surface area contributed by atoms with Gasteiger partial charge in [0.1, 0.15) is 0 Å². The van der Waals surface area contributed by atoms with E-state index >= 15 is 0 Å². The van der Waals surface area contributed by atoms with Crippen molar-refractivity contribution in [1.29, 1.82) is 0 Å². The molecule has 0 bridgehead atoms. The second-order valence-corrected chi connectivity index (χ2v) is 6.13. The normalized spacial score (nSPS) is 11.0. The summed E-state index contributed by atoms with van der Waals surface area (Å²) in [5.41, 5.74) is 2.78. The van der Waals surface area contributed by atoms with E-state index in [1.807, 2.05) is 66.4 Å². The number of amides is 1. The molecular formula is C20H23N3O2. The molecule has 0 fully saturated rings. The highest BCUT2D eigenvalue weighted by Crippen LogP contribution is 2.13. The first-order valence-electron chi connectivity index (χ1n) is 8.57. The maximum Gasteiger partial charge on any atom is 0.328 e. The Morgan fingerprint density at radius 2 is 1.64 bits per heavy atom. The minimum Gasteiger partial charge on any atom is -0.339 e. The van der Waals surface area contributed by atoms with Crippen molar-refractivity contribution in [2.24, 2.45) is 7.05 Å². The highest BCUT2D eigenvalue weighted by molar-refractivity contribution is 5.78. The summed E-state index contributed by atoms with van der Waals surface area (Å²) in [4.78, 5) is 26.9. The van der Waals surface area contributed by atoms with Crippen LogP contribution in [0.25, 0.3) is 11.0 Å². The number of fused-ring (bicyclic) bond motifs is 1. The Morgan fingerprint density at radius 1 is 1.00 bits per heavy atom. The van der Waals surface area contributed by atoms with Gasteiger partial charge in [-0.25, -0.2) is 4.79 Å². The number of imidazole rings is 1. The van der Waals surface area contributed by atoms with Crippen LogP contribution in [-0.4, -0.2) is 26.5 Å². The zero-order chi connectivity index (χ0) is 17.8. The highest BCUT2D eigenvalue weighted by Gasteiger charge is 2.15. The van der Waals surface area contributed by atoms with Crippen LogP contribution < -0.4 is 5.69 Å². The minimum atomic E-state index is -0.0832. The lowest BCUT2D eigenvalue weighted by Gasteiger charge is -2.21. The second-order valence-electron chi connectivity index (χ2n) is 6.13. The Kier molecular flexibility index (Phi) is 5.03. The van der Waals surface area contributed by atoms with Crippen molar-refractivity contribution in [2.45, 2.75) is 26.4 Å². The van der Waals surface area contributed by atoms with E-state index in [0.29, 0.717) is 26.1 Å². The number of carbonyl (C=O) groups is 1. The van der Waals surface area contributed by atoms with Crippen molar-refractivity contribution in [3.8, 4) is 0 Å². The third kappa shape index (κ3) is 3.50. The van der Waals surface area contributed by atoms with Crippen LogP contribution in [0.4, 0.5) is 0 Å². The molecule has 1 heterocycles. The summed E-state index contributed by atoms with van der Waals surface area (Å²) in [5, 5.41) is 0. The van der Waals surface area contributed by atoms with Crippen molar-refractivity contribution in [3.05, 3.63) is 70.6 Å². The van der Waals surface area contributed by atoms with Gasteiger partial charge in [0.15, 0.2) is 0 Å². The molecule has 3 rings (SSSR count). The molecule has 0 radical (unpaired) electrons. The fourth-order valence-corrected chi connectivity index (χ4v) is 3.12. The molecule has 0 aliphatic carbocycles. The van der Waals surface area contributed by atoms with Crippen LogP contribution >= 0.6 is 0 Å². The number of benzene rings is 2. The first kappa shape index (κ1) is 17.0. The summed E-state index contributed by atoms with van der Waals surface area (Å²) in [6, 6.07) is 17.6. The summed E-state index contributed by atoms with van der Waals surface area (Å²) in [7, 11) is 1.76. The fourth-order valence-electron chi connectivity index (χ4n) is 3.12. The average molecular weight is 337 g/mol. The predicted octanol–water partition coefficient (Wildman–Crippen LogP) is 2.78. The van der Waals surface area contributed by atoms with E-state index in [4.69, 9.17) is 0 Å². The zero-order valence-corrected chi connectivity index (χ0v) is 14.7. The quantitative estimate of drug-likeness (QED) is 0.694. The molecule has 3 aromatic rings. The van der Waals surface area contributed by atoms with Gasteiger partial charge < -0.3 is 4.90 Å². The molecule has 0 saturated carbocycles. The van der Waals surface area contributed by atoms with Gasteiger partial charge in [-0.1, -0.05) is 42.5 Å². The minimum absolute atomic E-state index is 0.0613. The lowest BCUT2D eigenvalue weighted by Crippen LogP contribution is -2.32. The number of aryl methyl sites for hydroxylation is 2. The first-order valence-corrected chi connectivity index (χ1v) is 8.57. The molecule has 2 aromatic carbocycles. The largest absolute Gasteiger partial charge is 0.339 e. The summed E-state index contributed by atoms with van der Waals surface area (Å²) < 4.78 is 3.31. The number of rotatable bonds is 6. The topological polar surface area (TPSA) is 47.2 Å². The summed E-state index contributed by atoms with van der Waals surface area (Å²) in [6.07, 6.45) is 0.314. The van der Waals surface area contributed by atoms with Crippen LogP contribution in [0.15, 0.2) is 59.4 Å². The Balaban J connectivity index is 1.73. The Bertz CT molecular complexity index is 925. The maximum atomic E-state index is 12.6. The summed E-state index contributed by atoms with van der Waals surface area (Å²) in [5.74, 6) is 0.0613. The van der Waals surface area contributed by atoms with Gasteiger partial charge in [-0.05, 0) is 24.6 Å². The van der Waals surface area contributed by atoms with Crippen LogP contribution in [0.3, 0.4) is 0 Å². The molecule has 0 unspecified atom stereocenters. The lowest BCUT2D eigenvalue weighted by atomic mass is 10.2. The van der Waals surface area contributed by atoms with Gasteiger partial charge in [-0.3, -0.25) is 13.9 Å². The van der Waals surface area contributed by atoms with Gasteiger partial charge in [-0.2, -0.15) is 0 Å². The molecule has 5 heteroatoms. The summed E-state index contributed by atoms with van der Waals surface area (Å²) in [6.45, 7) is 3.62. The van der Waals surface area contributed by atoms with E-state index in [2.05, 4.69) is 0 Å². The average Bonchev–Trinajstić information content (AvgIpc) is 2.89. The van der Waals surface area contributed by atoms with Crippen molar-refractivity contribution in [2.75, 3.05) is 6.54 Å². The van der Waals surface area contributed by atoms with Gasteiger partial charge in [0.05, 0.1) is 11.0 Å². The molecule has 0 aliphatic rings. The number of hydrogen-bond acceptors (Lipinski definition) is 2. The number of para-hydroxylation sites is 2. The third-order valence-corrected chi connectivity index (χ3v) is 4.55. The van der Waals surface area contributed by atoms with Gasteiger partial charge in [0.2, 0.25) is 5.91 Å². The number of hydrogen-bond donors (Lipinski definition) is 0. The van der Waals surface area contributed by atoms with Crippen LogP contribution in [0, 0.1) is 0 Å². The Hall–Kier alpha value is -2.82. The Labute approximate surface area is 147 Å². The van der Waals surface area contributed by atoms with Gasteiger partial charge in [-0.15, -0.1) is 0 Å². The number of aromatic nitrogens is 2. The lowest BCUT2D eigenvalue weighted by molar-refractivity contribution is -0.131. The molecular weight excluding hydrogens is 314 g/mol. The van der Waals surface area contributed by atoms with Crippen molar-refractivity contribution in [1.82, 2.24) is 14.0 Å². The first-order chi connectivity index (χ1) is 12.1. The SMILES string of the molecule is CCN(Cc1ccccc1)C(=O)CCn1c(=O)n(C)c2ccccc21. The van der Waals surface area contributed by atoms with Crippen molar-refractivity contribution < 1.29 is 4.79 Å². The standard InChI is InChI=1S/C20H23N3O2/c1-3-22(15-16-9-5-4-6-10-16)19(24)13-14-23-18-12-8-7-11-17(18)21(2)20(23)25/h4-12H,3,13-15H2,1-2H3. The number of carbonyl (C=O) groups excluding carboxylic acids is 1. The van der Waals surface area contributed by atoms with E-state index in [-0.39, 0.29) is 11.6 Å². The molecule has 5 nitrogen and oxygen atoms in total. The molecule has 25 heavy (non-hydrogen) atoms. The van der Waals surface area contributed by atoms with Crippen LogP contribution in [0.5, 0.6) is 0 Å². The second kappa shape index (κ2) is 7.38. The molecule has 1 amide bonds. The highest BCUT2D eigenvalue weighted by atomic mass is 16.2. The smallest absolute Gasteiger partial charge is 0.328 e. The fraction of sp³-hybridized carbons (Fsp3) is 0.300. The van der Waals surface area contributed by atoms with E-state index in [9.17, 15) is 9.59 Å². The van der Waals surface area contributed by atoms with E-state index in [1.165, 1.54) is 0 Å². The zero-order valence-electron chi connectivity index (χ0n) is 14.7. The van der Waals surface area contributed by atoms with E-state index < -0.39 is 0 Å². The van der Waals surface area contributed by atoms with Crippen molar-refractivity contribution >= 4 is 16.9 Å². The summed E-state index contributed by atoms with van der Waals surface area (Å²) >= 11 is 0. The number of nitrogens with zero attached hydrogens (tertiary/aromatic N) is 3. The molecule has 1 aromatic heterocycles. The molecule has 0 N–H and O–H groups in total. The van der Waals surface area contributed by atoms with Gasteiger partial charge in [0, 0.05) is 33.1 Å². The van der Waals surface area contributed by atoms with Crippen LogP contribution in [0.2, 0.25) is 0 Å². The van der Waals surface area contributed by atoms with Crippen molar-refractivity contribution in [3.63, 3.8) is 0 Å². The van der Waals surface area contributed by atoms with E-state index in [0.717, 1.165) is 16.6 Å². The van der Waals surface area contributed by atoms with Crippen LogP contribution in [0.1, 0.15) is 18.9 Å². The Morgan fingerprint density at radius 3 is 2.32 bits per heavy atom. The molecule has 0 atom stereocenters. The van der Waals surface area contributed by atoms with Gasteiger partial charge in [0.25, 0.3) is 0 Å². The third-order valence-electron chi connectivity index (χ3n) is 4.55. The molecule has 0 saturated heterocycles.